The van der Waals surface area contributed by atoms with Gasteiger partial charge in [0, 0.05) is 23.1 Å². The number of thiazole rings is 1. The van der Waals surface area contributed by atoms with E-state index >= 15 is 0 Å². The topological polar surface area (TPSA) is 79.3 Å². The van der Waals surface area contributed by atoms with E-state index in [0.717, 1.165) is 18.9 Å². The summed E-state index contributed by atoms with van der Waals surface area (Å²) in [7, 11) is 0. The number of nitrogens with zero attached hydrogens (tertiary/aromatic N) is 1. The fourth-order valence-electron chi connectivity index (χ4n) is 1.13. The number of hydrogen-bond acceptors (Lipinski definition) is 4. The second-order valence-corrected chi connectivity index (χ2v) is 4.57. The monoisotopic (exact) mass is 238 g/mol. The van der Waals surface area contributed by atoms with Gasteiger partial charge < -0.3 is 10.4 Å². The van der Waals surface area contributed by atoms with Crippen molar-refractivity contribution in [1.29, 1.82) is 0 Å². The first-order chi connectivity index (χ1) is 7.65. The van der Waals surface area contributed by atoms with Gasteiger partial charge in [-0.15, -0.1) is 0 Å². The van der Waals surface area contributed by atoms with Crippen molar-refractivity contribution in [3.63, 3.8) is 0 Å². The molecule has 1 aromatic rings. The van der Waals surface area contributed by atoms with Gasteiger partial charge in [0.2, 0.25) is 5.91 Å². The summed E-state index contributed by atoms with van der Waals surface area (Å²) in [5.41, 5.74) is 0. The largest absolute Gasteiger partial charge is 0.478 e. The number of carbonyl (C=O) groups excluding carboxylic acids is 1. The molecular formula is C10H10N2O3S. The molecule has 1 saturated carbocycles. The maximum atomic E-state index is 11.4. The highest BCUT2D eigenvalue weighted by Crippen LogP contribution is 2.30. The van der Waals surface area contributed by atoms with Gasteiger partial charge in [-0.1, -0.05) is 11.3 Å². The Morgan fingerprint density at radius 2 is 2.31 bits per heavy atom. The first kappa shape index (κ1) is 10.8. The number of aromatic nitrogens is 1. The van der Waals surface area contributed by atoms with Crippen molar-refractivity contribution in [3.05, 3.63) is 17.2 Å². The van der Waals surface area contributed by atoms with Crippen LogP contribution in [0.5, 0.6) is 0 Å². The van der Waals surface area contributed by atoms with E-state index in [1.807, 2.05) is 0 Å². The van der Waals surface area contributed by atoms with E-state index in [9.17, 15) is 9.59 Å². The molecule has 1 fully saturated rings. The lowest BCUT2D eigenvalue weighted by molar-refractivity contribution is -0.131. The first-order valence-electron chi connectivity index (χ1n) is 4.83. The third kappa shape index (κ3) is 2.90. The van der Waals surface area contributed by atoms with Crippen LogP contribution in [-0.4, -0.2) is 22.0 Å². The lowest BCUT2D eigenvalue weighted by Gasteiger charge is -1.96. The normalized spacial score (nSPS) is 15.2. The van der Waals surface area contributed by atoms with Gasteiger partial charge in [-0.3, -0.25) is 4.79 Å². The van der Waals surface area contributed by atoms with Gasteiger partial charge in [0.05, 0.1) is 0 Å². The molecule has 0 atom stereocenters. The molecule has 0 radical (unpaired) electrons. The van der Waals surface area contributed by atoms with E-state index in [-0.39, 0.29) is 11.8 Å². The zero-order chi connectivity index (χ0) is 11.5. The van der Waals surface area contributed by atoms with Gasteiger partial charge in [-0.2, -0.15) is 0 Å². The average molecular weight is 238 g/mol. The van der Waals surface area contributed by atoms with Crippen LogP contribution in [0.1, 0.15) is 17.7 Å². The Morgan fingerprint density at radius 3 is 2.94 bits per heavy atom. The second kappa shape index (κ2) is 4.44. The number of nitrogens with one attached hydrogen (secondary N) is 1. The van der Waals surface area contributed by atoms with Gasteiger partial charge in [0.25, 0.3) is 0 Å². The van der Waals surface area contributed by atoms with E-state index in [1.165, 1.54) is 23.6 Å². The van der Waals surface area contributed by atoms with Gasteiger partial charge in [-0.05, 0) is 18.9 Å². The van der Waals surface area contributed by atoms with E-state index in [4.69, 9.17) is 5.11 Å². The minimum Gasteiger partial charge on any atom is -0.478 e. The molecule has 0 saturated heterocycles. The van der Waals surface area contributed by atoms with Crippen molar-refractivity contribution in [2.75, 3.05) is 5.32 Å². The summed E-state index contributed by atoms with van der Waals surface area (Å²) >= 11 is 1.26. The van der Waals surface area contributed by atoms with Crippen LogP contribution in [0.4, 0.5) is 5.13 Å². The zero-order valence-electron chi connectivity index (χ0n) is 8.34. The van der Waals surface area contributed by atoms with Crippen LogP contribution in [0.25, 0.3) is 6.08 Å². The average Bonchev–Trinajstić information content (AvgIpc) is 2.98. The van der Waals surface area contributed by atoms with Crippen LogP contribution >= 0.6 is 11.3 Å². The van der Waals surface area contributed by atoms with Crippen molar-refractivity contribution in [1.82, 2.24) is 4.98 Å². The minimum absolute atomic E-state index is 0.00288. The molecular weight excluding hydrogens is 228 g/mol. The zero-order valence-corrected chi connectivity index (χ0v) is 9.16. The number of aliphatic carboxylic acids is 1. The van der Waals surface area contributed by atoms with Crippen molar-refractivity contribution in [2.24, 2.45) is 5.92 Å². The van der Waals surface area contributed by atoms with Crippen molar-refractivity contribution in [3.8, 4) is 0 Å². The molecule has 0 aliphatic heterocycles. The van der Waals surface area contributed by atoms with Crippen LogP contribution < -0.4 is 5.32 Å². The molecule has 1 aliphatic carbocycles. The third-order valence-corrected chi connectivity index (χ3v) is 2.97. The molecule has 2 N–H and O–H groups in total. The molecule has 0 spiro atoms. The van der Waals surface area contributed by atoms with Crippen molar-refractivity contribution < 1.29 is 14.7 Å². The summed E-state index contributed by atoms with van der Waals surface area (Å²) in [6, 6.07) is 0. The molecule has 16 heavy (non-hydrogen) atoms. The van der Waals surface area contributed by atoms with Gasteiger partial charge >= 0.3 is 5.97 Å². The van der Waals surface area contributed by atoms with E-state index < -0.39 is 5.97 Å². The van der Waals surface area contributed by atoms with Crippen molar-refractivity contribution in [2.45, 2.75) is 12.8 Å². The second-order valence-electron chi connectivity index (χ2n) is 3.50. The van der Waals surface area contributed by atoms with Gasteiger partial charge in [-0.25, -0.2) is 9.78 Å². The SMILES string of the molecule is O=C(O)/C=C/c1cnc(NC(=O)C2CC2)s1. The highest BCUT2D eigenvalue weighted by molar-refractivity contribution is 7.16. The lowest BCUT2D eigenvalue weighted by Crippen LogP contribution is -2.12. The maximum Gasteiger partial charge on any atom is 0.328 e. The molecule has 6 heteroatoms. The van der Waals surface area contributed by atoms with Crippen LogP contribution in [0.3, 0.4) is 0 Å². The summed E-state index contributed by atoms with van der Waals surface area (Å²) in [6.07, 6.45) is 5.92. The fraction of sp³-hybridized carbons (Fsp3) is 0.300. The van der Waals surface area contributed by atoms with Crippen LogP contribution in [0.2, 0.25) is 0 Å². The molecule has 1 heterocycles. The van der Waals surface area contributed by atoms with E-state index in [0.29, 0.717) is 10.0 Å². The van der Waals surface area contributed by atoms with Crippen LogP contribution in [-0.2, 0) is 9.59 Å². The van der Waals surface area contributed by atoms with Gasteiger partial charge in [0.1, 0.15) is 0 Å². The fourth-order valence-corrected chi connectivity index (χ4v) is 1.85. The molecule has 2 rings (SSSR count). The Labute approximate surface area is 95.8 Å². The Bertz CT molecular complexity index is 449. The molecule has 0 bridgehead atoms. The highest BCUT2D eigenvalue weighted by atomic mass is 32.1. The molecule has 5 nitrogen and oxygen atoms in total. The Balaban J connectivity index is 1.96. The lowest BCUT2D eigenvalue weighted by atomic mass is 10.4. The summed E-state index contributed by atoms with van der Waals surface area (Å²) < 4.78 is 0. The third-order valence-electron chi connectivity index (χ3n) is 2.09. The van der Waals surface area contributed by atoms with Crippen molar-refractivity contribution >= 4 is 34.4 Å². The van der Waals surface area contributed by atoms with Gasteiger partial charge in [0.15, 0.2) is 5.13 Å². The van der Waals surface area contributed by atoms with E-state index in [2.05, 4.69) is 10.3 Å². The number of carboxylic acid groups (broad SMARTS) is 1. The number of rotatable bonds is 4. The predicted molar refractivity (Wildman–Crippen MR) is 60.1 cm³/mol. The number of hydrogen-bond donors (Lipinski definition) is 2. The number of anilines is 1. The Morgan fingerprint density at radius 1 is 1.56 bits per heavy atom. The molecule has 1 aliphatic rings. The molecule has 84 valence electrons. The first-order valence-corrected chi connectivity index (χ1v) is 5.64. The standard InChI is InChI=1S/C10H10N2O3S/c13-8(14)4-3-7-5-11-10(16-7)12-9(15)6-1-2-6/h3-6H,1-2H2,(H,13,14)(H,11,12,15)/b4-3+. The number of carboxylic acids is 1. The molecule has 0 unspecified atom stereocenters. The minimum atomic E-state index is -1.00. The van der Waals surface area contributed by atoms with Crippen LogP contribution in [0, 0.1) is 5.92 Å². The Kier molecular flexibility index (Phi) is 3.00. The Hall–Kier alpha value is -1.69. The number of carbonyl (C=O) groups is 2. The quantitative estimate of drug-likeness (QED) is 0.781. The van der Waals surface area contributed by atoms with E-state index in [1.54, 1.807) is 0 Å². The summed E-state index contributed by atoms with van der Waals surface area (Å²) in [5.74, 6) is -0.859. The van der Waals surface area contributed by atoms with Crippen LogP contribution in [0.15, 0.2) is 12.3 Å². The molecule has 1 aromatic heterocycles. The molecule has 1 amide bonds. The number of amides is 1. The predicted octanol–water partition coefficient (Wildman–Crippen LogP) is 1.59. The maximum absolute atomic E-state index is 11.4. The smallest absolute Gasteiger partial charge is 0.328 e. The summed E-state index contributed by atoms with van der Waals surface area (Å²) in [5, 5.41) is 11.7. The summed E-state index contributed by atoms with van der Waals surface area (Å²) in [4.78, 5) is 26.4. The molecule has 0 aromatic carbocycles. The summed E-state index contributed by atoms with van der Waals surface area (Å²) in [6.45, 7) is 0. The highest BCUT2D eigenvalue weighted by Gasteiger charge is 2.29.